The third-order valence-electron chi connectivity index (χ3n) is 2.31. The van der Waals surface area contributed by atoms with Crippen LogP contribution in [-0.2, 0) is 14.8 Å². The van der Waals surface area contributed by atoms with Crippen molar-refractivity contribution < 1.29 is 13.2 Å². The second kappa shape index (κ2) is 6.83. The summed E-state index contributed by atoms with van der Waals surface area (Å²) in [5, 5.41) is 0.409. The minimum Gasteiger partial charge on any atom is -0.380 e. The number of hydrogen-bond donors (Lipinski definition) is 0. The van der Waals surface area contributed by atoms with Crippen molar-refractivity contribution in [3.63, 3.8) is 0 Å². The topological polar surface area (TPSA) is 59.5 Å². The van der Waals surface area contributed by atoms with E-state index in [-0.39, 0.29) is 6.54 Å². The fourth-order valence-corrected chi connectivity index (χ4v) is 3.53. The molecule has 1 aromatic rings. The Kier molecular flexibility index (Phi) is 5.71. The molecule has 1 rings (SSSR count). The Hall–Kier alpha value is -1.18. The van der Waals surface area contributed by atoms with E-state index in [1.807, 2.05) is 6.92 Å². The lowest BCUT2D eigenvalue weighted by molar-refractivity contribution is 0.156. The van der Waals surface area contributed by atoms with Crippen molar-refractivity contribution in [2.45, 2.75) is 6.92 Å². The highest BCUT2D eigenvalue weighted by molar-refractivity contribution is 7.92. The molecule has 0 radical (unpaired) electrons. The molecule has 0 aliphatic carbocycles. The van der Waals surface area contributed by atoms with E-state index in [0.717, 1.165) is 11.1 Å². The molecule has 0 aliphatic heterocycles. The second-order valence-electron chi connectivity index (χ2n) is 3.69. The smallest absolute Gasteiger partial charge is 0.234 e. The summed E-state index contributed by atoms with van der Waals surface area (Å²) < 4.78 is 30.1. The fraction of sp³-hybridized carbons (Fsp3) is 0.417. The van der Waals surface area contributed by atoms with Gasteiger partial charge in [0.05, 0.1) is 30.0 Å². The van der Waals surface area contributed by atoms with Gasteiger partial charge in [-0.2, -0.15) is 0 Å². The van der Waals surface area contributed by atoms with Gasteiger partial charge in [-0.15, -0.1) is 0 Å². The summed E-state index contributed by atoms with van der Waals surface area (Å²) in [4.78, 5) is 5.07. The average Bonchev–Trinajstić information content (AvgIpc) is 2.75. The van der Waals surface area contributed by atoms with Crippen molar-refractivity contribution in [3.8, 4) is 0 Å². The van der Waals surface area contributed by atoms with Gasteiger partial charge in [-0.25, -0.2) is 17.7 Å². The lowest BCUT2D eigenvalue weighted by Crippen LogP contribution is -2.33. The van der Waals surface area contributed by atoms with Crippen molar-refractivity contribution in [2.75, 3.05) is 30.3 Å². The van der Waals surface area contributed by atoms with Gasteiger partial charge in [0.2, 0.25) is 10.0 Å². The molecule has 1 heterocycles. The molecule has 0 N–H and O–H groups in total. The molecule has 106 valence electrons. The van der Waals surface area contributed by atoms with E-state index >= 15 is 0 Å². The van der Waals surface area contributed by atoms with Gasteiger partial charge in [-0.1, -0.05) is 24.5 Å². The first-order valence-corrected chi connectivity index (χ1v) is 8.41. The summed E-state index contributed by atoms with van der Waals surface area (Å²) in [5.74, 6) is 0. The zero-order chi connectivity index (χ0) is 14.5. The number of sulfonamides is 1. The molecule has 1 aromatic heterocycles. The summed E-state index contributed by atoms with van der Waals surface area (Å²) in [6, 6.07) is 0. The van der Waals surface area contributed by atoms with E-state index in [0.29, 0.717) is 24.0 Å². The molecule has 0 saturated heterocycles. The number of nitrogens with zero attached hydrogens (tertiary/aromatic N) is 2. The maximum absolute atomic E-state index is 11.8. The maximum Gasteiger partial charge on any atom is 0.234 e. The highest BCUT2D eigenvalue weighted by Crippen LogP contribution is 2.29. The van der Waals surface area contributed by atoms with E-state index in [4.69, 9.17) is 4.74 Å². The van der Waals surface area contributed by atoms with Crippen LogP contribution in [0, 0.1) is 0 Å². The molecule has 0 aromatic carbocycles. The van der Waals surface area contributed by atoms with E-state index < -0.39 is 10.0 Å². The Labute approximate surface area is 118 Å². The predicted octanol–water partition coefficient (Wildman–Crippen LogP) is 2.23. The lowest BCUT2D eigenvalue weighted by atomic mass is 10.3. The quantitative estimate of drug-likeness (QED) is 0.691. The van der Waals surface area contributed by atoms with E-state index in [9.17, 15) is 8.42 Å². The third-order valence-corrected chi connectivity index (χ3v) is 4.67. The van der Waals surface area contributed by atoms with Gasteiger partial charge in [0, 0.05) is 6.61 Å². The van der Waals surface area contributed by atoms with Crippen LogP contribution in [0.3, 0.4) is 0 Å². The van der Waals surface area contributed by atoms with Gasteiger partial charge >= 0.3 is 0 Å². The molecule has 0 amide bonds. The van der Waals surface area contributed by atoms with Crippen LogP contribution in [0.2, 0.25) is 0 Å². The predicted molar refractivity (Wildman–Crippen MR) is 81.0 cm³/mol. The molecule has 0 atom stereocenters. The van der Waals surface area contributed by atoms with Crippen LogP contribution < -0.4 is 4.31 Å². The summed E-state index contributed by atoms with van der Waals surface area (Å²) in [7, 11) is -3.39. The van der Waals surface area contributed by atoms with Crippen LogP contribution in [0.15, 0.2) is 13.2 Å². The molecule has 0 aliphatic rings. The SMILES string of the molecule is C=Cc1nc(N(CCOCC)S(C)(=O)=O)sc1C=C. The highest BCUT2D eigenvalue weighted by Gasteiger charge is 2.21. The van der Waals surface area contributed by atoms with Crippen molar-refractivity contribution >= 4 is 38.6 Å². The highest BCUT2D eigenvalue weighted by atomic mass is 32.2. The number of hydrogen-bond acceptors (Lipinski definition) is 5. The first-order chi connectivity index (χ1) is 8.93. The minimum absolute atomic E-state index is 0.243. The van der Waals surface area contributed by atoms with Gasteiger partial charge in [0.25, 0.3) is 0 Å². The van der Waals surface area contributed by atoms with Crippen molar-refractivity contribution in [2.24, 2.45) is 0 Å². The average molecular weight is 302 g/mol. The summed E-state index contributed by atoms with van der Waals surface area (Å²) in [6.07, 6.45) is 4.38. The van der Waals surface area contributed by atoms with E-state index in [2.05, 4.69) is 18.1 Å². The summed E-state index contributed by atoms with van der Waals surface area (Å²) in [5.41, 5.74) is 0.639. The Morgan fingerprint density at radius 2 is 2.11 bits per heavy atom. The van der Waals surface area contributed by atoms with Crippen molar-refractivity contribution in [1.29, 1.82) is 0 Å². The minimum atomic E-state index is -3.39. The number of aromatic nitrogens is 1. The first kappa shape index (κ1) is 15.9. The molecule has 19 heavy (non-hydrogen) atoms. The molecule has 0 spiro atoms. The fourth-order valence-electron chi connectivity index (χ4n) is 1.43. The Morgan fingerprint density at radius 3 is 2.53 bits per heavy atom. The first-order valence-electron chi connectivity index (χ1n) is 5.75. The number of ether oxygens (including phenoxy) is 1. The zero-order valence-electron chi connectivity index (χ0n) is 11.1. The van der Waals surface area contributed by atoms with Crippen LogP contribution in [0.1, 0.15) is 17.5 Å². The molecule has 0 fully saturated rings. The van der Waals surface area contributed by atoms with Gasteiger partial charge < -0.3 is 4.74 Å². The third kappa shape index (κ3) is 4.15. The zero-order valence-corrected chi connectivity index (χ0v) is 12.8. The molecule has 0 saturated carbocycles. The number of anilines is 1. The van der Waals surface area contributed by atoms with Crippen LogP contribution in [0.4, 0.5) is 5.13 Å². The van der Waals surface area contributed by atoms with Crippen LogP contribution in [-0.4, -0.2) is 39.4 Å². The number of rotatable bonds is 8. The van der Waals surface area contributed by atoms with E-state index in [1.165, 1.54) is 15.6 Å². The standard InChI is InChI=1S/C12H18N2O3S2/c1-5-10-11(6-2)18-12(13-10)14(19(4,15)16)8-9-17-7-3/h5-6H,1-2,7-9H2,3-4H3. The Bertz CT molecular complexity index is 524. The largest absolute Gasteiger partial charge is 0.380 e. The second-order valence-corrected chi connectivity index (χ2v) is 6.60. The molecule has 0 unspecified atom stereocenters. The lowest BCUT2D eigenvalue weighted by Gasteiger charge is -2.18. The van der Waals surface area contributed by atoms with Crippen LogP contribution >= 0.6 is 11.3 Å². The normalized spacial score (nSPS) is 11.3. The van der Waals surface area contributed by atoms with Crippen molar-refractivity contribution in [3.05, 3.63) is 23.7 Å². The Morgan fingerprint density at radius 1 is 1.42 bits per heavy atom. The number of thiazole rings is 1. The van der Waals surface area contributed by atoms with Gasteiger partial charge in [-0.3, -0.25) is 0 Å². The molecular formula is C12H18N2O3S2. The van der Waals surface area contributed by atoms with Crippen LogP contribution in [0.25, 0.3) is 12.2 Å². The van der Waals surface area contributed by atoms with Crippen molar-refractivity contribution in [1.82, 2.24) is 4.98 Å². The molecular weight excluding hydrogens is 284 g/mol. The van der Waals surface area contributed by atoms with Gasteiger partial charge in [0.15, 0.2) is 5.13 Å². The summed E-state index contributed by atoms with van der Waals surface area (Å²) >= 11 is 1.27. The Balaban J connectivity index is 3.07. The summed E-state index contributed by atoms with van der Waals surface area (Å²) in [6.45, 7) is 10.3. The molecule has 7 heteroatoms. The van der Waals surface area contributed by atoms with Gasteiger partial charge in [0.1, 0.15) is 0 Å². The monoisotopic (exact) mass is 302 g/mol. The molecule has 0 bridgehead atoms. The van der Waals surface area contributed by atoms with Gasteiger partial charge in [-0.05, 0) is 19.1 Å². The van der Waals surface area contributed by atoms with E-state index in [1.54, 1.807) is 12.2 Å². The van der Waals surface area contributed by atoms with Crippen LogP contribution in [0.5, 0.6) is 0 Å². The molecule has 5 nitrogen and oxygen atoms in total. The maximum atomic E-state index is 11.8.